The summed E-state index contributed by atoms with van der Waals surface area (Å²) in [6.07, 6.45) is 1.65. The lowest BCUT2D eigenvalue weighted by Gasteiger charge is -2.05. The first-order valence-corrected chi connectivity index (χ1v) is 3.95. The van der Waals surface area contributed by atoms with Gasteiger partial charge >= 0.3 is 0 Å². The maximum Gasteiger partial charge on any atom is 0.214 e. The molecule has 4 heteroatoms. The van der Waals surface area contributed by atoms with Gasteiger partial charge in [0.2, 0.25) is 5.88 Å². The van der Waals surface area contributed by atoms with E-state index in [1.54, 1.807) is 12.3 Å². The van der Waals surface area contributed by atoms with Crippen molar-refractivity contribution in [2.75, 3.05) is 6.61 Å². The number of aromatic nitrogens is 1. The summed E-state index contributed by atoms with van der Waals surface area (Å²) >= 11 is 0. The Kier molecular flexibility index (Phi) is 3.23. The lowest BCUT2D eigenvalue weighted by molar-refractivity contribution is 0.353. The largest absolute Gasteiger partial charge is 0.462 e. The summed E-state index contributed by atoms with van der Waals surface area (Å²) < 4.78 is 4.98. The van der Waals surface area contributed by atoms with Crippen LogP contribution < -0.4 is 10.5 Å². The maximum atomic E-state index is 8.25. The van der Waals surface area contributed by atoms with Gasteiger partial charge in [0.1, 0.15) is 6.07 Å². The lowest BCUT2D eigenvalue weighted by atomic mass is 10.2. The molecule has 2 N–H and O–H groups in total. The SMILES string of the molecule is CC(N)c1ccc(OCC#N)nc1. The van der Waals surface area contributed by atoms with Crippen molar-refractivity contribution in [3.63, 3.8) is 0 Å². The zero-order chi connectivity index (χ0) is 9.68. The molecule has 68 valence electrons. The van der Waals surface area contributed by atoms with E-state index < -0.39 is 0 Å². The first kappa shape index (κ1) is 9.49. The predicted molar refractivity (Wildman–Crippen MR) is 47.9 cm³/mol. The van der Waals surface area contributed by atoms with Gasteiger partial charge in [0, 0.05) is 18.3 Å². The van der Waals surface area contributed by atoms with Crippen LogP contribution in [-0.2, 0) is 0 Å². The molecule has 1 aromatic rings. The van der Waals surface area contributed by atoms with Crippen LogP contribution in [-0.4, -0.2) is 11.6 Å². The molecule has 0 saturated carbocycles. The summed E-state index contributed by atoms with van der Waals surface area (Å²) in [5.74, 6) is 0.450. The Labute approximate surface area is 77.0 Å². The first-order chi connectivity index (χ1) is 6.24. The number of pyridine rings is 1. The van der Waals surface area contributed by atoms with E-state index in [2.05, 4.69) is 4.98 Å². The van der Waals surface area contributed by atoms with Crippen molar-refractivity contribution >= 4 is 0 Å². The molecule has 0 amide bonds. The van der Waals surface area contributed by atoms with Gasteiger partial charge < -0.3 is 10.5 Å². The van der Waals surface area contributed by atoms with E-state index in [0.29, 0.717) is 5.88 Å². The molecule has 1 rings (SSSR count). The molecule has 1 unspecified atom stereocenters. The predicted octanol–water partition coefficient (Wildman–Crippen LogP) is 1.00. The van der Waals surface area contributed by atoms with Crippen molar-refractivity contribution in [2.24, 2.45) is 5.73 Å². The zero-order valence-corrected chi connectivity index (χ0v) is 7.40. The molecular weight excluding hydrogens is 166 g/mol. The summed E-state index contributed by atoms with van der Waals surface area (Å²) in [6, 6.07) is 5.38. The molecule has 0 aliphatic carbocycles. The first-order valence-electron chi connectivity index (χ1n) is 3.95. The second-order valence-corrected chi connectivity index (χ2v) is 2.67. The number of nitriles is 1. The van der Waals surface area contributed by atoms with E-state index in [-0.39, 0.29) is 12.6 Å². The fraction of sp³-hybridized carbons (Fsp3) is 0.333. The summed E-state index contributed by atoms with van der Waals surface area (Å²) in [5.41, 5.74) is 6.58. The van der Waals surface area contributed by atoms with Crippen LogP contribution >= 0.6 is 0 Å². The van der Waals surface area contributed by atoms with Crippen molar-refractivity contribution < 1.29 is 4.74 Å². The van der Waals surface area contributed by atoms with E-state index in [1.165, 1.54) is 0 Å². The van der Waals surface area contributed by atoms with Crippen LogP contribution in [0.15, 0.2) is 18.3 Å². The quantitative estimate of drug-likeness (QED) is 0.747. The van der Waals surface area contributed by atoms with E-state index in [0.717, 1.165) is 5.56 Å². The van der Waals surface area contributed by atoms with Crippen LogP contribution in [0.4, 0.5) is 0 Å². The van der Waals surface area contributed by atoms with Crippen molar-refractivity contribution in [3.05, 3.63) is 23.9 Å². The minimum atomic E-state index is -0.0301. The molecule has 0 radical (unpaired) electrons. The monoisotopic (exact) mass is 177 g/mol. The molecule has 0 spiro atoms. The van der Waals surface area contributed by atoms with E-state index in [4.69, 9.17) is 15.7 Å². The van der Waals surface area contributed by atoms with Gasteiger partial charge in [-0.1, -0.05) is 6.07 Å². The lowest BCUT2D eigenvalue weighted by Crippen LogP contribution is -2.05. The third-order valence-corrected chi connectivity index (χ3v) is 1.57. The molecule has 0 aliphatic heterocycles. The number of nitrogens with zero attached hydrogens (tertiary/aromatic N) is 2. The Morgan fingerprint density at radius 1 is 1.69 bits per heavy atom. The van der Waals surface area contributed by atoms with Crippen molar-refractivity contribution in [1.82, 2.24) is 4.98 Å². The highest BCUT2D eigenvalue weighted by molar-refractivity contribution is 5.20. The fourth-order valence-corrected chi connectivity index (χ4v) is 0.853. The Morgan fingerprint density at radius 2 is 2.46 bits per heavy atom. The highest BCUT2D eigenvalue weighted by atomic mass is 16.5. The number of hydrogen-bond acceptors (Lipinski definition) is 4. The topological polar surface area (TPSA) is 71.9 Å². The molecule has 13 heavy (non-hydrogen) atoms. The van der Waals surface area contributed by atoms with Crippen molar-refractivity contribution in [2.45, 2.75) is 13.0 Å². The van der Waals surface area contributed by atoms with Crippen LogP contribution in [0.25, 0.3) is 0 Å². The molecular formula is C9H11N3O. The Bertz CT molecular complexity index is 300. The van der Waals surface area contributed by atoms with Gasteiger partial charge in [-0.25, -0.2) is 4.98 Å². The van der Waals surface area contributed by atoms with Crippen LogP contribution in [0.3, 0.4) is 0 Å². The molecule has 1 atom stereocenters. The van der Waals surface area contributed by atoms with Crippen LogP contribution in [0.5, 0.6) is 5.88 Å². The molecule has 0 aliphatic rings. The highest BCUT2D eigenvalue weighted by Crippen LogP contribution is 2.11. The molecule has 1 aromatic heterocycles. The van der Waals surface area contributed by atoms with Gasteiger partial charge in [-0.15, -0.1) is 0 Å². The van der Waals surface area contributed by atoms with E-state index >= 15 is 0 Å². The maximum absolute atomic E-state index is 8.25. The number of nitrogens with two attached hydrogens (primary N) is 1. The standard InChI is InChI=1S/C9H11N3O/c1-7(11)8-2-3-9(12-6-8)13-5-4-10/h2-3,6-7H,5,11H2,1H3. The summed E-state index contributed by atoms with van der Waals surface area (Å²) in [6.45, 7) is 1.90. The molecule has 0 fully saturated rings. The van der Waals surface area contributed by atoms with Crippen molar-refractivity contribution in [3.8, 4) is 11.9 Å². The minimum Gasteiger partial charge on any atom is -0.462 e. The molecule has 0 saturated heterocycles. The Balaban J connectivity index is 2.65. The molecule has 0 aromatic carbocycles. The average Bonchev–Trinajstić information content (AvgIpc) is 2.15. The third kappa shape index (κ3) is 2.73. The highest BCUT2D eigenvalue weighted by Gasteiger charge is 1.99. The van der Waals surface area contributed by atoms with E-state index in [1.807, 2.05) is 19.1 Å². The van der Waals surface area contributed by atoms with Gasteiger partial charge in [-0.2, -0.15) is 5.26 Å². The number of rotatable bonds is 3. The normalized spacial score (nSPS) is 11.8. The molecule has 4 nitrogen and oxygen atoms in total. The number of hydrogen-bond donors (Lipinski definition) is 1. The second-order valence-electron chi connectivity index (χ2n) is 2.67. The van der Waals surface area contributed by atoms with E-state index in [9.17, 15) is 0 Å². The molecule has 1 heterocycles. The Morgan fingerprint density at radius 3 is 2.92 bits per heavy atom. The smallest absolute Gasteiger partial charge is 0.214 e. The van der Waals surface area contributed by atoms with Crippen LogP contribution in [0.2, 0.25) is 0 Å². The van der Waals surface area contributed by atoms with Gasteiger partial charge in [0.15, 0.2) is 6.61 Å². The van der Waals surface area contributed by atoms with Gasteiger partial charge in [0.05, 0.1) is 0 Å². The summed E-state index contributed by atoms with van der Waals surface area (Å²) in [5, 5.41) is 8.25. The second kappa shape index (κ2) is 4.43. The summed E-state index contributed by atoms with van der Waals surface area (Å²) in [7, 11) is 0. The van der Waals surface area contributed by atoms with Gasteiger partial charge in [-0.05, 0) is 12.5 Å². The van der Waals surface area contributed by atoms with Gasteiger partial charge in [-0.3, -0.25) is 0 Å². The number of ether oxygens (including phenoxy) is 1. The average molecular weight is 177 g/mol. The minimum absolute atomic E-state index is 0.0184. The van der Waals surface area contributed by atoms with Crippen LogP contribution in [0.1, 0.15) is 18.5 Å². The third-order valence-electron chi connectivity index (χ3n) is 1.57. The fourth-order valence-electron chi connectivity index (χ4n) is 0.853. The van der Waals surface area contributed by atoms with Crippen molar-refractivity contribution in [1.29, 1.82) is 5.26 Å². The summed E-state index contributed by atoms with van der Waals surface area (Å²) in [4.78, 5) is 3.98. The Hall–Kier alpha value is -1.60. The zero-order valence-electron chi connectivity index (χ0n) is 7.40. The molecule has 0 bridgehead atoms. The van der Waals surface area contributed by atoms with Crippen LogP contribution in [0, 0.1) is 11.3 Å². The van der Waals surface area contributed by atoms with Gasteiger partial charge in [0.25, 0.3) is 0 Å².